The summed E-state index contributed by atoms with van der Waals surface area (Å²) < 4.78 is 11.7. The van der Waals surface area contributed by atoms with Gasteiger partial charge in [0.1, 0.15) is 23.2 Å². The van der Waals surface area contributed by atoms with Crippen LogP contribution >= 0.6 is 38.6 Å². The van der Waals surface area contributed by atoms with Crippen LogP contribution < -0.4 is 10.2 Å². The molecule has 0 radical (unpaired) electrons. The summed E-state index contributed by atoms with van der Waals surface area (Å²) in [7, 11) is 0. The molecule has 2 aromatic heterocycles. The Balaban J connectivity index is 0.000000153. The molecule has 0 saturated carbocycles. The molecule has 6 aliphatic rings. The number of ether oxygens (including phenoxy) is 2. The van der Waals surface area contributed by atoms with Gasteiger partial charge in [-0.05, 0) is 143 Å². The largest absolute Gasteiger partial charge is 0.445 e. The molecule has 0 unspecified atom stereocenters. The molecule has 10 rings (SSSR count). The number of halogens is 1. The molecule has 6 saturated heterocycles. The van der Waals surface area contributed by atoms with Gasteiger partial charge in [0.15, 0.2) is 3.92 Å². The fourth-order valence-electron chi connectivity index (χ4n) is 10.4. The van der Waals surface area contributed by atoms with E-state index in [-0.39, 0.29) is 24.0 Å². The van der Waals surface area contributed by atoms with E-state index >= 15 is 0 Å². The third-order valence-electron chi connectivity index (χ3n) is 14.2. The first-order chi connectivity index (χ1) is 32.9. The first kappa shape index (κ1) is 49.7. The molecule has 14 nitrogen and oxygen atoms in total. The monoisotopic (exact) mass is 1020 g/mol. The first-order valence-corrected chi connectivity index (χ1v) is 27.5. The maximum Gasteiger partial charge on any atom is 0.410 e. The van der Waals surface area contributed by atoms with Gasteiger partial charge in [0.25, 0.3) is 0 Å². The Morgan fingerprint density at radius 1 is 0.552 bits per heavy atom. The Hall–Kier alpha value is -3.74. The summed E-state index contributed by atoms with van der Waals surface area (Å²) in [4.78, 5) is 36.3. The number of hydrogen-bond acceptors (Lipinski definition) is 14. The van der Waals surface area contributed by atoms with Crippen molar-refractivity contribution in [1.29, 1.82) is 0 Å². The molecule has 2 atom stereocenters. The Morgan fingerprint density at radius 2 is 1.03 bits per heavy atom. The molecule has 6 fully saturated rings. The topological polar surface area (TPSA) is 132 Å². The second-order valence-corrected chi connectivity index (χ2v) is 22.1. The minimum absolute atomic E-state index is 0.229. The summed E-state index contributed by atoms with van der Waals surface area (Å²) in [5.74, 6) is 0.502. The number of aromatic nitrogens is 4. The SMILES string of the molecule is C1CCN(C2CCNCC2)CC1.O=C(OCc1ccccc1)N1CCC[C@H](c2nnc(Br)s2)C1.O=C(OCc1ccccc1)N1CCC[C@H](c2nnc(N3CCC(N4CCCCC4)CC3)s2)C1. The van der Waals surface area contributed by atoms with Crippen molar-refractivity contribution in [2.24, 2.45) is 0 Å². The summed E-state index contributed by atoms with van der Waals surface area (Å²) >= 11 is 6.59. The predicted octanol–water partition coefficient (Wildman–Crippen LogP) is 9.55. The maximum absolute atomic E-state index is 12.6. The van der Waals surface area contributed by atoms with Crippen LogP contribution in [0.2, 0.25) is 0 Å². The van der Waals surface area contributed by atoms with Crippen molar-refractivity contribution in [2.75, 3.05) is 83.4 Å². The van der Waals surface area contributed by atoms with E-state index in [0.29, 0.717) is 26.3 Å². The zero-order chi connectivity index (χ0) is 46.0. The van der Waals surface area contributed by atoms with Crippen LogP contribution in [0.5, 0.6) is 0 Å². The number of likely N-dealkylation sites (tertiary alicyclic amines) is 4. The van der Waals surface area contributed by atoms with E-state index in [0.717, 1.165) is 94.1 Å². The number of rotatable bonds is 9. The molecule has 67 heavy (non-hydrogen) atoms. The van der Waals surface area contributed by atoms with Crippen molar-refractivity contribution < 1.29 is 19.1 Å². The Kier molecular flexibility index (Phi) is 19.5. The number of benzene rings is 2. The van der Waals surface area contributed by atoms with Crippen LogP contribution in [-0.2, 0) is 22.7 Å². The molecule has 0 aliphatic carbocycles. The number of carbonyl (C=O) groups excluding carboxylic acids is 2. The second kappa shape index (κ2) is 26.3. The van der Waals surface area contributed by atoms with Gasteiger partial charge in [-0.2, -0.15) is 0 Å². The van der Waals surface area contributed by atoms with Crippen molar-refractivity contribution in [1.82, 2.24) is 45.3 Å². The zero-order valence-corrected chi connectivity index (χ0v) is 42.5. The number of anilines is 1. The molecule has 6 aliphatic heterocycles. The van der Waals surface area contributed by atoms with Gasteiger partial charge in [-0.1, -0.05) is 96.2 Å². The van der Waals surface area contributed by atoms with Crippen LogP contribution in [0.1, 0.15) is 123 Å². The summed E-state index contributed by atoms with van der Waals surface area (Å²) in [6.45, 7) is 13.3. The minimum atomic E-state index is -0.253. The smallest absolute Gasteiger partial charge is 0.410 e. The van der Waals surface area contributed by atoms with Crippen molar-refractivity contribution >= 4 is 55.9 Å². The molecule has 0 spiro atoms. The van der Waals surface area contributed by atoms with Crippen LogP contribution in [0.4, 0.5) is 14.7 Å². The molecule has 17 heteroatoms. The van der Waals surface area contributed by atoms with Crippen LogP contribution in [0.15, 0.2) is 64.6 Å². The maximum atomic E-state index is 12.6. The molecule has 4 aromatic rings. The number of nitrogens with zero attached hydrogens (tertiary/aromatic N) is 9. The highest BCUT2D eigenvalue weighted by atomic mass is 79.9. The van der Waals surface area contributed by atoms with E-state index < -0.39 is 0 Å². The van der Waals surface area contributed by atoms with E-state index in [1.807, 2.05) is 65.6 Å². The van der Waals surface area contributed by atoms with Gasteiger partial charge in [0.2, 0.25) is 5.13 Å². The number of nitrogens with one attached hydrogen (secondary N) is 1. The molecule has 2 amide bonds. The molecule has 1 N–H and O–H groups in total. The van der Waals surface area contributed by atoms with Crippen LogP contribution in [0.25, 0.3) is 0 Å². The van der Waals surface area contributed by atoms with Gasteiger partial charge in [0, 0.05) is 63.2 Å². The third kappa shape index (κ3) is 15.1. The highest BCUT2D eigenvalue weighted by Gasteiger charge is 2.32. The van der Waals surface area contributed by atoms with E-state index in [9.17, 15) is 9.59 Å². The Labute approximate surface area is 414 Å². The fraction of sp³-hybridized carbons (Fsp3) is 0.640. The molecular formula is C50H71BrN10O4S2. The standard InChI is InChI=1S/C25H35N5O2S.C15H16BrN3O2S.C10H20N2/c31-25(32-19-20-8-3-1-4-9-20)30-15-7-10-21(18-30)23-26-27-24(33-23)29-16-11-22(12-17-29)28-13-5-2-6-14-28;16-14-18-17-13(22-14)12-7-4-8-19(9-12)15(20)21-10-11-5-2-1-3-6-11;1-2-8-12(9-3-1)10-4-6-11-7-5-10/h1,3-4,8-9,21-22H,2,5-7,10-19H2;1-3,5-6,12H,4,7-10H2;10-11H,1-9H2/t21-;12-;/m00./s1. The average molecular weight is 1020 g/mol. The lowest BCUT2D eigenvalue weighted by molar-refractivity contribution is 0.0852. The van der Waals surface area contributed by atoms with Crippen molar-refractivity contribution in [2.45, 2.75) is 127 Å². The lowest BCUT2D eigenvalue weighted by Gasteiger charge is -2.40. The van der Waals surface area contributed by atoms with Gasteiger partial charge in [0.05, 0.1) is 0 Å². The van der Waals surface area contributed by atoms with Gasteiger partial charge in [-0.15, -0.1) is 20.4 Å². The zero-order valence-electron chi connectivity index (χ0n) is 39.2. The Morgan fingerprint density at radius 3 is 1.52 bits per heavy atom. The van der Waals surface area contributed by atoms with E-state index in [2.05, 4.69) is 56.3 Å². The summed E-state index contributed by atoms with van der Waals surface area (Å²) in [5, 5.41) is 23.8. The molecule has 8 heterocycles. The Bertz CT molecular complexity index is 2040. The first-order valence-electron chi connectivity index (χ1n) is 25.1. The predicted molar refractivity (Wildman–Crippen MR) is 270 cm³/mol. The summed E-state index contributed by atoms with van der Waals surface area (Å²) in [6.07, 6.45) is 17.2. The quantitative estimate of drug-likeness (QED) is 0.171. The number of piperidine rings is 6. The van der Waals surface area contributed by atoms with E-state index in [1.54, 1.807) is 16.2 Å². The normalized spacial score (nSPS) is 22.5. The molecule has 2 aromatic carbocycles. The number of amides is 2. The van der Waals surface area contributed by atoms with E-state index in [1.165, 1.54) is 115 Å². The van der Waals surface area contributed by atoms with Crippen LogP contribution in [0.3, 0.4) is 0 Å². The van der Waals surface area contributed by atoms with Gasteiger partial charge < -0.3 is 39.3 Å². The van der Waals surface area contributed by atoms with Gasteiger partial charge >= 0.3 is 12.2 Å². The number of hydrogen-bond donors (Lipinski definition) is 1. The van der Waals surface area contributed by atoms with Crippen molar-refractivity contribution in [3.63, 3.8) is 0 Å². The lowest BCUT2D eigenvalue weighted by Crippen LogP contribution is -2.46. The fourth-order valence-corrected chi connectivity index (χ4v) is 12.7. The molecular weight excluding hydrogens is 949 g/mol. The average Bonchev–Trinajstić information content (AvgIpc) is 4.09. The highest BCUT2D eigenvalue weighted by molar-refractivity contribution is 9.11. The van der Waals surface area contributed by atoms with E-state index in [4.69, 9.17) is 9.47 Å². The lowest BCUT2D eigenvalue weighted by atomic mass is 9.99. The van der Waals surface area contributed by atoms with Gasteiger partial charge in [-0.25, -0.2) is 9.59 Å². The summed E-state index contributed by atoms with van der Waals surface area (Å²) in [6, 6.07) is 21.2. The molecule has 0 bridgehead atoms. The van der Waals surface area contributed by atoms with Crippen LogP contribution in [-0.4, -0.2) is 143 Å². The molecule has 364 valence electrons. The number of carbonyl (C=O) groups is 2. The minimum Gasteiger partial charge on any atom is -0.445 e. The van der Waals surface area contributed by atoms with Crippen molar-refractivity contribution in [3.8, 4) is 0 Å². The van der Waals surface area contributed by atoms with Crippen LogP contribution in [0, 0.1) is 0 Å². The highest BCUT2D eigenvalue weighted by Crippen LogP contribution is 2.34. The summed E-state index contributed by atoms with van der Waals surface area (Å²) in [5.41, 5.74) is 2.01. The third-order valence-corrected chi connectivity index (χ3v) is 16.8. The van der Waals surface area contributed by atoms with Gasteiger partial charge in [-0.3, -0.25) is 0 Å². The second-order valence-electron chi connectivity index (χ2n) is 18.9. The van der Waals surface area contributed by atoms with Crippen molar-refractivity contribution in [3.05, 3.63) is 85.7 Å².